The van der Waals surface area contributed by atoms with E-state index in [2.05, 4.69) is 27.7 Å². The monoisotopic (exact) mass is 498 g/mol. The van der Waals surface area contributed by atoms with Gasteiger partial charge in [0, 0.05) is 26.1 Å². The van der Waals surface area contributed by atoms with Crippen LogP contribution in [0.25, 0.3) is 0 Å². The quantitative estimate of drug-likeness (QED) is 0.139. The fourth-order valence-corrected chi connectivity index (χ4v) is 3.49. The van der Waals surface area contributed by atoms with Crippen LogP contribution in [0.4, 0.5) is 0 Å². The Hall–Kier alpha value is -2.70. The van der Waals surface area contributed by atoms with E-state index in [0.29, 0.717) is 50.8 Å². The van der Waals surface area contributed by atoms with Gasteiger partial charge in [0.25, 0.3) is 0 Å². The molecule has 198 valence electrons. The zero-order chi connectivity index (χ0) is 26.3. The topological polar surface area (TPSA) is 71.1 Å². The highest BCUT2D eigenvalue weighted by molar-refractivity contribution is 5.72. The number of benzene rings is 2. The van der Waals surface area contributed by atoms with E-state index < -0.39 is 0 Å². The molecule has 0 aliphatic heterocycles. The fourth-order valence-electron chi connectivity index (χ4n) is 3.49. The van der Waals surface area contributed by atoms with Gasteiger partial charge in [0.15, 0.2) is 0 Å². The molecular weight excluding hydrogens is 456 g/mol. The van der Waals surface area contributed by atoms with Crippen LogP contribution in [0.5, 0.6) is 11.5 Å². The van der Waals surface area contributed by atoms with Crippen molar-refractivity contribution in [2.24, 2.45) is 10.8 Å². The van der Waals surface area contributed by atoms with Crippen molar-refractivity contribution in [1.29, 1.82) is 0 Å². The van der Waals surface area contributed by atoms with Gasteiger partial charge in [-0.05, 0) is 60.8 Å². The van der Waals surface area contributed by atoms with Crippen LogP contribution in [0.2, 0.25) is 0 Å². The molecule has 6 nitrogen and oxygen atoms in total. The molecule has 6 heteroatoms. The lowest BCUT2D eigenvalue weighted by molar-refractivity contribution is -0.136. The van der Waals surface area contributed by atoms with Gasteiger partial charge in [-0.2, -0.15) is 0 Å². The second kappa shape index (κ2) is 15.4. The standard InChI is InChI=1S/C30H42O6/c1-29(2,17-15-27(31)35-25-11-7-5-8-12-25)19-21-33-23-24-34-22-20-30(3,4)18-16-28(32)36-26-13-9-6-10-14-26/h5-14H,15-24H2,1-4H3. The summed E-state index contributed by atoms with van der Waals surface area (Å²) in [6.45, 7) is 10.9. The summed E-state index contributed by atoms with van der Waals surface area (Å²) in [6.07, 6.45) is 3.96. The van der Waals surface area contributed by atoms with Crippen LogP contribution in [0.15, 0.2) is 60.7 Å². The molecule has 2 aromatic rings. The van der Waals surface area contributed by atoms with Crippen LogP contribution in [-0.2, 0) is 19.1 Å². The normalized spacial score (nSPS) is 11.8. The van der Waals surface area contributed by atoms with E-state index in [1.54, 1.807) is 24.3 Å². The minimum Gasteiger partial charge on any atom is -0.427 e. The maximum Gasteiger partial charge on any atom is 0.311 e. The Balaban J connectivity index is 1.48. The summed E-state index contributed by atoms with van der Waals surface area (Å²) < 4.78 is 22.2. The molecule has 0 atom stereocenters. The van der Waals surface area contributed by atoms with Crippen molar-refractivity contribution in [3.63, 3.8) is 0 Å². The third kappa shape index (κ3) is 13.4. The highest BCUT2D eigenvalue weighted by atomic mass is 16.5. The van der Waals surface area contributed by atoms with Crippen molar-refractivity contribution in [3.8, 4) is 11.5 Å². The molecule has 36 heavy (non-hydrogen) atoms. The number of esters is 2. The molecule has 2 aromatic carbocycles. The average Bonchev–Trinajstić information content (AvgIpc) is 2.84. The van der Waals surface area contributed by atoms with Crippen molar-refractivity contribution < 1.29 is 28.5 Å². The van der Waals surface area contributed by atoms with Gasteiger partial charge in [-0.3, -0.25) is 9.59 Å². The molecule has 0 bridgehead atoms. The Morgan fingerprint density at radius 3 is 1.28 bits per heavy atom. The minimum absolute atomic E-state index is 0.0117. The van der Waals surface area contributed by atoms with E-state index in [9.17, 15) is 9.59 Å². The van der Waals surface area contributed by atoms with Gasteiger partial charge in [0.1, 0.15) is 11.5 Å². The highest BCUT2D eigenvalue weighted by Crippen LogP contribution is 2.28. The Labute approximate surface area is 216 Å². The molecule has 0 saturated heterocycles. The summed E-state index contributed by atoms with van der Waals surface area (Å²) >= 11 is 0. The molecule has 2 rings (SSSR count). The first-order valence-electron chi connectivity index (χ1n) is 12.8. The van der Waals surface area contributed by atoms with Crippen LogP contribution < -0.4 is 9.47 Å². The van der Waals surface area contributed by atoms with E-state index in [1.807, 2.05) is 36.4 Å². The van der Waals surface area contributed by atoms with E-state index in [1.165, 1.54) is 0 Å². The van der Waals surface area contributed by atoms with Crippen LogP contribution in [0.1, 0.15) is 66.2 Å². The van der Waals surface area contributed by atoms with Gasteiger partial charge in [-0.15, -0.1) is 0 Å². The number of para-hydroxylation sites is 2. The second-order valence-corrected chi connectivity index (χ2v) is 10.6. The Morgan fingerprint density at radius 1 is 0.556 bits per heavy atom. The lowest BCUT2D eigenvalue weighted by Crippen LogP contribution is -2.20. The summed E-state index contributed by atoms with van der Waals surface area (Å²) in [7, 11) is 0. The lowest BCUT2D eigenvalue weighted by atomic mass is 9.85. The van der Waals surface area contributed by atoms with Crippen molar-refractivity contribution in [2.75, 3.05) is 26.4 Å². The molecule has 0 unspecified atom stereocenters. The van der Waals surface area contributed by atoms with Gasteiger partial charge >= 0.3 is 11.9 Å². The third-order valence-electron chi connectivity index (χ3n) is 6.18. The summed E-state index contributed by atoms with van der Waals surface area (Å²) in [5.74, 6) is 0.745. The predicted octanol–water partition coefficient (Wildman–Crippen LogP) is 6.62. The molecule has 0 N–H and O–H groups in total. The van der Waals surface area contributed by atoms with E-state index in [4.69, 9.17) is 18.9 Å². The molecule has 0 aliphatic carbocycles. The third-order valence-corrected chi connectivity index (χ3v) is 6.18. The average molecular weight is 499 g/mol. The summed E-state index contributed by atoms with van der Waals surface area (Å²) in [5, 5.41) is 0. The smallest absolute Gasteiger partial charge is 0.311 e. The molecule has 0 fully saturated rings. The van der Waals surface area contributed by atoms with Gasteiger partial charge in [0.05, 0.1) is 13.2 Å². The lowest BCUT2D eigenvalue weighted by Gasteiger charge is -2.24. The van der Waals surface area contributed by atoms with Crippen LogP contribution in [-0.4, -0.2) is 38.4 Å². The fraction of sp³-hybridized carbons (Fsp3) is 0.533. The van der Waals surface area contributed by atoms with E-state index in [-0.39, 0.29) is 22.8 Å². The first-order chi connectivity index (χ1) is 17.2. The van der Waals surface area contributed by atoms with Gasteiger partial charge < -0.3 is 18.9 Å². The first kappa shape index (κ1) is 29.5. The largest absolute Gasteiger partial charge is 0.427 e. The number of hydrogen-bond acceptors (Lipinski definition) is 6. The van der Waals surface area contributed by atoms with Gasteiger partial charge in [-0.1, -0.05) is 64.1 Å². The first-order valence-corrected chi connectivity index (χ1v) is 12.8. The number of rotatable bonds is 17. The minimum atomic E-state index is -0.209. The van der Waals surface area contributed by atoms with Gasteiger partial charge in [0.2, 0.25) is 0 Å². The molecule has 0 aliphatic rings. The molecular formula is C30H42O6. The summed E-state index contributed by atoms with van der Waals surface area (Å²) in [4.78, 5) is 24.1. The Bertz CT molecular complexity index is 817. The van der Waals surface area contributed by atoms with Crippen LogP contribution in [0, 0.1) is 10.8 Å². The maximum absolute atomic E-state index is 12.1. The van der Waals surface area contributed by atoms with Crippen LogP contribution >= 0.6 is 0 Å². The molecule has 0 amide bonds. The summed E-state index contributed by atoms with van der Waals surface area (Å²) in [5.41, 5.74) is -0.0233. The maximum atomic E-state index is 12.1. The molecule has 0 spiro atoms. The SMILES string of the molecule is CC(C)(CCOCCOCCC(C)(C)CCC(=O)Oc1ccccc1)CCC(=O)Oc1ccccc1. The Morgan fingerprint density at radius 2 is 0.917 bits per heavy atom. The molecule has 0 saturated carbocycles. The van der Waals surface area contributed by atoms with Crippen molar-refractivity contribution in [3.05, 3.63) is 60.7 Å². The Kier molecular flexibility index (Phi) is 12.6. The number of ether oxygens (including phenoxy) is 4. The molecule has 0 heterocycles. The number of carbonyl (C=O) groups excluding carboxylic acids is 2. The zero-order valence-corrected chi connectivity index (χ0v) is 22.3. The van der Waals surface area contributed by atoms with Gasteiger partial charge in [-0.25, -0.2) is 0 Å². The van der Waals surface area contributed by atoms with Crippen molar-refractivity contribution in [1.82, 2.24) is 0 Å². The van der Waals surface area contributed by atoms with Crippen molar-refractivity contribution >= 4 is 11.9 Å². The second-order valence-electron chi connectivity index (χ2n) is 10.6. The van der Waals surface area contributed by atoms with Crippen LogP contribution in [0.3, 0.4) is 0 Å². The molecule has 0 aromatic heterocycles. The predicted molar refractivity (Wildman–Crippen MR) is 141 cm³/mol. The zero-order valence-electron chi connectivity index (χ0n) is 22.3. The number of hydrogen-bond donors (Lipinski definition) is 0. The highest BCUT2D eigenvalue weighted by Gasteiger charge is 2.21. The van der Waals surface area contributed by atoms with Crippen molar-refractivity contribution in [2.45, 2.75) is 66.2 Å². The van der Waals surface area contributed by atoms with E-state index >= 15 is 0 Å². The van der Waals surface area contributed by atoms with E-state index in [0.717, 1.165) is 25.7 Å². The molecule has 0 radical (unpaired) electrons. The number of carbonyl (C=O) groups is 2. The summed E-state index contributed by atoms with van der Waals surface area (Å²) in [6, 6.07) is 18.3.